The summed E-state index contributed by atoms with van der Waals surface area (Å²) in [6, 6.07) is 7.38. The van der Waals surface area contributed by atoms with Gasteiger partial charge in [-0.15, -0.1) is 10.2 Å². The van der Waals surface area contributed by atoms with Gasteiger partial charge in [-0.3, -0.25) is 4.98 Å². The maximum absolute atomic E-state index is 13.1. The molecule has 0 radical (unpaired) electrons. The Kier molecular flexibility index (Phi) is 5.20. The molecule has 3 rings (SSSR count). The largest absolute Gasteiger partial charge is 0.417 e. The van der Waals surface area contributed by atoms with Gasteiger partial charge in [0, 0.05) is 18.8 Å². The van der Waals surface area contributed by atoms with E-state index in [4.69, 9.17) is 11.6 Å². The fraction of sp³-hybridized carbons (Fsp3) is 0.235. The number of rotatable bonds is 4. The third-order valence-corrected chi connectivity index (χ3v) is 6.17. The lowest BCUT2D eigenvalue weighted by Gasteiger charge is -2.12. The smallest absolute Gasteiger partial charge is 0.309 e. The van der Waals surface area contributed by atoms with Gasteiger partial charge in [-0.05, 0) is 18.2 Å². The first-order valence-electron chi connectivity index (χ1n) is 8.01. The van der Waals surface area contributed by atoms with E-state index >= 15 is 0 Å². The van der Waals surface area contributed by atoms with Crippen LogP contribution in [0.15, 0.2) is 41.4 Å². The van der Waals surface area contributed by atoms with Crippen LogP contribution in [0, 0.1) is 0 Å². The third kappa shape index (κ3) is 3.61. The molecule has 0 saturated carbocycles. The average Bonchev–Trinajstić information content (AvgIpc) is 3.02. The van der Waals surface area contributed by atoms with Gasteiger partial charge in [-0.1, -0.05) is 30.7 Å². The van der Waals surface area contributed by atoms with E-state index in [1.165, 1.54) is 11.5 Å². The topological polar surface area (TPSA) is 77.7 Å². The summed E-state index contributed by atoms with van der Waals surface area (Å²) in [6.45, 7) is 1.34. The predicted molar refractivity (Wildman–Crippen MR) is 97.4 cm³/mol. The van der Waals surface area contributed by atoms with Crippen LogP contribution in [-0.2, 0) is 23.1 Å². The molecule has 3 aromatic rings. The number of aromatic nitrogens is 4. The number of sulfone groups is 1. The molecule has 2 aromatic heterocycles. The van der Waals surface area contributed by atoms with Gasteiger partial charge in [0.05, 0.1) is 21.2 Å². The van der Waals surface area contributed by atoms with Gasteiger partial charge < -0.3 is 4.57 Å². The molecule has 0 aliphatic rings. The van der Waals surface area contributed by atoms with Crippen LogP contribution < -0.4 is 0 Å². The number of benzene rings is 1. The Hall–Kier alpha value is -2.46. The quantitative estimate of drug-likeness (QED) is 0.625. The molecule has 2 heterocycles. The molecule has 0 aliphatic heterocycles. The average molecular weight is 431 g/mol. The number of pyridine rings is 1. The molecule has 0 amide bonds. The molecule has 11 heteroatoms. The second kappa shape index (κ2) is 7.17. The fourth-order valence-corrected chi connectivity index (χ4v) is 3.85. The Morgan fingerprint density at radius 1 is 1.14 bits per heavy atom. The number of halogens is 4. The second-order valence-corrected chi connectivity index (χ2v) is 8.51. The normalized spacial score (nSPS) is 12.4. The van der Waals surface area contributed by atoms with Gasteiger partial charge in [-0.25, -0.2) is 8.42 Å². The number of alkyl halides is 3. The molecule has 6 nitrogen and oxygen atoms in total. The molecule has 0 aliphatic carbocycles. The molecule has 0 bridgehead atoms. The van der Waals surface area contributed by atoms with Crippen molar-refractivity contribution in [1.29, 1.82) is 0 Å². The van der Waals surface area contributed by atoms with Crippen LogP contribution in [0.2, 0.25) is 5.02 Å². The molecule has 148 valence electrons. The molecule has 0 fully saturated rings. The number of nitrogens with zero attached hydrogens (tertiary/aromatic N) is 4. The summed E-state index contributed by atoms with van der Waals surface area (Å²) in [6.07, 6.45) is -4.15. The van der Waals surface area contributed by atoms with E-state index in [1.54, 1.807) is 31.3 Å². The van der Waals surface area contributed by atoms with E-state index < -0.39 is 32.2 Å². The molecule has 0 saturated heterocycles. The Labute approximate surface area is 163 Å². The van der Waals surface area contributed by atoms with Crippen molar-refractivity contribution >= 4 is 21.4 Å². The maximum atomic E-state index is 13.1. The minimum atomic E-state index is -4.73. The molecular formula is C17H14ClF3N4O2S. The van der Waals surface area contributed by atoms with Crippen LogP contribution in [-0.4, -0.2) is 33.9 Å². The highest BCUT2D eigenvalue weighted by Crippen LogP contribution is 2.35. The fourth-order valence-electron chi connectivity index (χ4n) is 2.57. The van der Waals surface area contributed by atoms with Crippen molar-refractivity contribution in [2.24, 2.45) is 7.05 Å². The first kappa shape index (κ1) is 20.3. The summed E-state index contributed by atoms with van der Waals surface area (Å²) in [5.74, 6) is -0.0594. The summed E-state index contributed by atoms with van der Waals surface area (Å²) in [4.78, 5) is 3.21. The Balaban J connectivity index is 2.24. The van der Waals surface area contributed by atoms with E-state index in [1.807, 2.05) is 0 Å². The molecule has 1 aromatic carbocycles. The van der Waals surface area contributed by atoms with E-state index in [9.17, 15) is 21.6 Å². The van der Waals surface area contributed by atoms with Crippen molar-refractivity contribution in [3.05, 3.63) is 47.1 Å². The van der Waals surface area contributed by atoms with Gasteiger partial charge in [0.25, 0.3) is 0 Å². The van der Waals surface area contributed by atoms with Crippen LogP contribution >= 0.6 is 11.6 Å². The molecule has 0 spiro atoms. The third-order valence-electron chi connectivity index (χ3n) is 4.10. The van der Waals surface area contributed by atoms with Crippen LogP contribution in [0.1, 0.15) is 12.5 Å². The minimum Gasteiger partial charge on any atom is -0.309 e. The zero-order valence-corrected chi connectivity index (χ0v) is 16.3. The second-order valence-electron chi connectivity index (χ2n) is 5.86. The van der Waals surface area contributed by atoms with Gasteiger partial charge in [-0.2, -0.15) is 13.2 Å². The summed E-state index contributed by atoms with van der Waals surface area (Å²) in [5.41, 5.74) is -0.822. The lowest BCUT2D eigenvalue weighted by molar-refractivity contribution is -0.138. The Morgan fingerprint density at radius 3 is 2.39 bits per heavy atom. The lowest BCUT2D eigenvalue weighted by atomic mass is 10.2. The lowest BCUT2D eigenvalue weighted by Crippen LogP contribution is -2.13. The first-order chi connectivity index (χ1) is 13.1. The predicted octanol–water partition coefficient (Wildman–Crippen LogP) is 4.01. The van der Waals surface area contributed by atoms with Gasteiger partial charge in [0.1, 0.15) is 5.69 Å². The summed E-state index contributed by atoms with van der Waals surface area (Å²) < 4.78 is 65.5. The van der Waals surface area contributed by atoms with Crippen molar-refractivity contribution in [3.63, 3.8) is 0 Å². The highest BCUT2D eigenvalue weighted by molar-refractivity contribution is 7.91. The Morgan fingerprint density at radius 2 is 1.79 bits per heavy atom. The van der Waals surface area contributed by atoms with Crippen molar-refractivity contribution in [2.75, 3.05) is 5.75 Å². The SMILES string of the molecule is CCS(=O)(=O)c1cc(C(F)(F)F)cnc1-c1nnc(-c2ccccc2Cl)n1C. The highest BCUT2D eigenvalue weighted by atomic mass is 35.5. The molecule has 0 unspecified atom stereocenters. The summed E-state index contributed by atoms with van der Waals surface area (Å²) in [5, 5.41) is 8.36. The molecular weight excluding hydrogens is 417 g/mol. The standard InChI is InChI=1S/C17H14ClF3N4O2S/c1-3-28(26,27)13-8-10(17(19,20)21)9-22-14(13)16-24-23-15(25(16)2)11-6-4-5-7-12(11)18/h4-9H,3H2,1-2H3. The number of hydrogen-bond donors (Lipinski definition) is 0. The minimum absolute atomic E-state index is 0.00988. The van der Waals surface area contributed by atoms with E-state index in [2.05, 4.69) is 15.2 Å². The van der Waals surface area contributed by atoms with E-state index in [0.29, 0.717) is 28.7 Å². The zero-order chi connectivity index (χ0) is 20.7. The zero-order valence-electron chi connectivity index (χ0n) is 14.7. The van der Waals surface area contributed by atoms with Crippen molar-refractivity contribution in [1.82, 2.24) is 19.7 Å². The van der Waals surface area contributed by atoms with Crippen LogP contribution in [0.4, 0.5) is 13.2 Å². The Bertz CT molecular complexity index is 1140. The highest BCUT2D eigenvalue weighted by Gasteiger charge is 2.34. The van der Waals surface area contributed by atoms with Crippen LogP contribution in [0.3, 0.4) is 0 Å². The summed E-state index contributed by atoms with van der Waals surface area (Å²) in [7, 11) is -2.46. The molecule has 28 heavy (non-hydrogen) atoms. The first-order valence-corrected chi connectivity index (χ1v) is 10.0. The maximum Gasteiger partial charge on any atom is 0.417 e. The van der Waals surface area contributed by atoms with Crippen molar-refractivity contribution < 1.29 is 21.6 Å². The van der Waals surface area contributed by atoms with Gasteiger partial charge >= 0.3 is 6.18 Å². The van der Waals surface area contributed by atoms with Crippen LogP contribution in [0.5, 0.6) is 0 Å². The van der Waals surface area contributed by atoms with Crippen LogP contribution in [0.25, 0.3) is 22.9 Å². The van der Waals surface area contributed by atoms with E-state index in [-0.39, 0.29) is 11.5 Å². The van der Waals surface area contributed by atoms with Crippen molar-refractivity contribution in [2.45, 2.75) is 18.0 Å². The monoisotopic (exact) mass is 430 g/mol. The van der Waals surface area contributed by atoms with Gasteiger partial charge in [0.2, 0.25) is 0 Å². The van der Waals surface area contributed by atoms with Gasteiger partial charge in [0.15, 0.2) is 21.5 Å². The van der Waals surface area contributed by atoms with Crippen molar-refractivity contribution in [3.8, 4) is 22.9 Å². The summed E-state index contributed by atoms with van der Waals surface area (Å²) >= 11 is 6.17. The van der Waals surface area contributed by atoms with E-state index in [0.717, 1.165) is 0 Å². The number of hydrogen-bond acceptors (Lipinski definition) is 5. The molecule has 0 atom stereocenters. The molecule has 0 N–H and O–H groups in total.